The molecule has 0 unspecified atom stereocenters. The first kappa shape index (κ1) is 17.5. The molecular formula is C17H30N4. The Labute approximate surface area is 129 Å². The lowest BCUT2D eigenvalue weighted by molar-refractivity contribution is 0.296. The molecule has 3 N–H and O–H groups in total. The molecule has 4 nitrogen and oxygen atoms in total. The second-order valence-electron chi connectivity index (χ2n) is 6.35. The van der Waals surface area contributed by atoms with Crippen molar-refractivity contribution < 1.29 is 0 Å². The van der Waals surface area contributed by atoms with Gasteiger partial charge in [0.05, 0.1) is 6.54 Å². The molecule has 0 bridgehead atoms. The van der Waals surface area contributed by atoms with E-state index in [0.717, 1.165) is 19.6 Å². The van der Waals surface area contributed by atoms with Gasteiger partial charge < -0.3 is 11.1 Å². The summed E-state index contributed by atoms with van der Waals surface area (Å²) in [4.78, 5) is 6.78. The summed E-state index contributed by atoms with van der Waals surface area (Å²) in [6, 6.07) is 8.62. The minimum atomic E-state index is -0.0544. The average molecular weight is 290 g/mol. The van der Waals surface area contributed by atoms with Gasteiger partial charge in [-0.3, -0.25) is 4.90 Å². The predicted molar refractivity (Wildman–Crippen MR) is 91.3 cm³/mol. The highest BCUT2D eigenvalue weighted by atomic mass is 15.1. The van der Waals surface area contributed by atoms with Crippen molar-refractivity contribution in [2.45, 2.75) is 53.2 Å². The first-order valence-corrected chi connectivity index (χ1v) is 7.72. The molecule has 1 aromatic rings. The Morgan fingerprint density at radius 3 is 2.10 bits per heavy atom. The molecule has 4 heteroatoms. The molecule has 0 aliphatic heterocycles. The quantitative estimate of drug-likeness (QED) is 0.625. The van der Waals surface area contributed by atoms with Crippen LogP contribution in [0, 0.1) is 0 Å². The van der Waals surface area contributed by atoms with Gasteiger partial charge in [-0.2, -0.15) is 0 Å². The maximum absolute atomic E-state index is 5.87. The van der Waals surface area contributed by atoms with E-state index in [9.17, 15) is 0 Å². The summed E-state index contributed by atoms with van der Waals surface area (Å²) in [7, 11) is 0. The van der Waals surface area contributed by atoms with E-state index in [1.54, 1.807) is 0 Å². The fraction of sp³-hybridized carbons (Fsp3) is 0.588. The van der Waals surface area contributed by atoms with Crippen molar-refractivity contribution >= 4 is 5.96 Å². The minimum absolute atomic E-state index is 0.0544. The van der Waals surface area contributed by atoms with Gasteiger partial charge >= 0.3 is 0 Å². The Kier molecular flexibility index (Phi) is 6.69. The summed E-state index contributed by atoms with van der Waals surface area (Å²) in [5, 5.41) is 3.16. The molecular weight excluding hydrogens is 260 g/mol. The first-order chi connectivity index (χ1) is 9.84. The highest BCUT2D eigenvalue weighted by molar-refractivity contribution is 5.78. The van der Waals surface area contributed by atoms with Crippen molar-refractivity contribution in [1.82, 2.24) is 10.2 Å². The lowest BCUT2D eigenvalue weighted by atomic mass is 10.1. The Morgan fingerprint density at radius 1 is 1.10 bits per heavy atom. The van der Waals surface area contributed by atoms with Crippen molar-refractivity contribution in [2.24, 2.45) is 10.7 Å². The second kappa shape index (κ2) is 8.03. The van der Waals surface area contributed by atoms with Crippen LogP contribution in [0.5, 0.6) is 0 Å². The number of rotatable bonds is 6. The first-order valence-electron chi connectivity index (χ1n) is 7.72. The van der Waals surface area contributed by atoms with Gasteiger partial charge in [0.25, 0.3) is 0 Å². The topological polar surface area (TPSA) is 53.6 Å². The number of benzene rings is 1. The molecule has 0 saturated heterocycles. The number of aliphatic imine (C=N–C) groups is 1. The standard InChI is InChI=1S/C17H30N4/c1-6-21(7-2)13-15-10-8-14(9-11-15)12-19-16(18)20-17(3,4)5/h8-11H,6-7,12-13H2,1-5H3,(H3,18,19,20). The van der Waals surface area contributed by atoms with Gasteiger partial charge in [-0.1, -0.05) is 38.1 Å². The molecule has 1 rings (SSSR count). The van der Waals surface area contributed by atoms with E-state index in [2.05, 4.69) is 74.1 Å². The maximum atomic E-state index is 5.87. The molecule has 0 heterocycles. The van der Waals surface area contributed by atoms with Crippen LogP contribution in [0.25, 0.3) is 0 Å². The van der Waals surface area contributed by atoms with E-state index in [4.69, 9.17) is 5.73 Å². The molecule has 0 atom stereocenters. The number of hydrogen-bond acceptors (Lipinski definition) is 2. The zero-order chi connectivity index (χ0) is 15.9. The van der Waals surface area contributed by atoms with Crippen LogP contribution in [0.1, 0.15) is 45.7 Å². The van der Waals surface area contributed by atoms with E-state index in [1.165, 1.54) is 11.1 Å². The number of hydrogen-bond donors (Lipinski definition) is 2. The Balaban J connectivity index is 2.57. The Bertz CT molecular complexity index is 439. The zero-order valence-electron chi connectivity index (χ0n) is 14.1. The summed E-state index contributed by atoms with van der Waals surface area (Å²) in [6.45, 7) is 14.4. The largest absolute Gasteiger partial charge is 0.370 e. The molecule has 0 amide bonds. The molecule has 0 spiro atoms. The van der Waals surface area contributed by atoms with Crippen LogP contribution in [0.4, 0.5) is 0 Å². The highest BCUT2D eigenvalue weighted by Gasteiger charge is 2.09. The Morgan fingerprint density at radius 2 is 1.62 bits per heavy atom. The molecule has 0 aromatic heterocycles. The van der Waals surface area contributed by atoms with Gasteiger partial charge in [0.2, 0.25) is 0 Å². The van der Waals surface area contributed by atoms with Crippen LogP contribution < -0.4 is 11.1 Å². The second-order valence-corrected chi connectivity index (χ2v) is 6.35. The molecule has 0 fully saturated rings. The van der Waals surface area contributed by atoms with Crippen molar-refractivity contribution in [3.05, 3.63) is 35.4 Å². The van der Waals surface area contributed by atoms with E-state index < -0.39 is 0 Å². The summed E-state index contributed by atoms with van der Waals surface area (Å²) in [5.74, 6) is 0.495. The van der Waals surface area contributed by atoms with Gasteiger partial charge in [0.15, 0.2) is 5.96 Å². The van der Waals surface area contributed by atoms with Gasteiger partial charge in [0, 0.05) is 12.1 Å². The minimum Gasteiger partial charge on any atom is -0.370 e. The van der Waals surface area contributed by atoms with Crippen LogP contribution in [0.15, 0.2) is 29.3 Å². The third-order valence-electron chi connectivity index (χ3n) is 3.26. The highest BCUT2D eigenvalue weighted by Crippen LogP contribution is 2.08. The van der Waals surface area contributed by atoms with Crippen molar-refractivity contribution in [1.29, 1.82) is 0 Å². The smallest absolute Gasteiger partial charge is 0.189 e. The van der Waals surface area contributed by atoms with Crippen molar-refractivity contribution in [3.63, 3.8) is 0 Å². The summed E-state index contributed by atoms with van der Waals surface area (Å²) >= 11 is 0. The average Bonchev–Trinajstić information content (AvgIpc) is 2.42. The fourth-order valence-corrected chi connectivity index (χ4v) is 2.06. The number of nitrogens with two attached hydrogens (primary N) is 1. The SMILES string of the molecule is CCN(CC)Cc1ccc(CN=C(N)NC(C)(C)C)cc1. The van der Waals surface area contributed by atoms with Crippen LogP contribution in [0.3, 0.4) is 0 Å². The normalized spacial score (nSPS) is 12.8. The molecule has 1 aromatic carbocycles. The van der Waals surface area contributed by atoms with E-state index in [0.29, 0.717) is 12.5 Å². The van der Waals surface area contributed by atoms with Crippen LogP contribution >= 0.6 is 0 Å². The van der Waals surface area contributed by atoms with Gasteiger partial charge in [-0.05, 0) is 45.0 Å². The predicted octanol–water partition coefficient (Wildman–Crippen LogP) is 2.73. The van der Waals surface area contributed by atoms with Gasteiger partial charge in [-0.25, -0.2) is 4.99 Å². The Hall–Kier alpha value is -1.55. The lowest BCUT2D eigenvalue weighted by Gasteiger charge is -2.21. The summed E-state index contributed by atoms with van der Waals surface area (Å²) < 4.78 is 0. The molecule has 0 aliphatic rings. The molecule has 0 aliphatic carbocycles. The third kappa shape index (κ3) is 7.14. The van der Waals surface area contributed by atoms with Crippen LogP contribution in [-0.4, -0.2) is 29.5 Å². The van der Waals surface area contributed by atoms with Crippen molar-refractivity contribution in [2.75, 3.05) is 13.1 Å². The van der Waals surface area contributed by atoms with Gasteiger partial charge in [-0.15, -0.1) is 0 Å². The van der Waals surface area contributed by atoms with E-state index in [1.807, 2.05) is 0 Å². The number of nitrogens with one attached hydrogen (secondary N) is 1. The lowest BCUT2D eigenvalue weighted by Crippen LogP contribution is -2.44. The van der Waals surface area contributed by atoms with Crippen LogP contribution in [-0.2, 0) is 13.1 Å². The molecule has 21 heavy (non-hydrogen) atoms. The fourth-order valence-electron chi connectivity index (χ4n) is 2.06. The summed E-state index contributed by atoms with van der Waals surface area (Å²) in [5.41, 5.74) is 8.34. The van der Waals surface area contributed by atoms with E-state index >= 15 is 0 Å². The monoisotopic (exact) mass is 290 g/mol. The van der Waals surface area contributed by atoms with Crippen LogP contribution in [0.2, 0.25) is 0 Å². The zero-order valence-corrected chi connectivity index (χ0v) is 14.1. The molecule has 0 radical (unpaired) electrons. The maximum Gasteiger partial charge on any atom is 0.189 e. The third-order valence-corrected chi connectivity index (χ3v) is 3.26. The molecule has 118 valence electrons. The molecule has 0 saturated carbocycles. The van der Waals surface area contributed by atoms with Crippen molar-refractivity contribution in [3.8, 4) is 0 Å². The number of guanidine groups is 1. The van der Waals surface area contributed by atoms with E-state index in [-0.39, 0.29) is 5.54 Å². The van der Waals surface area contributed by atoms with Gasteiger partial charge in [0.1, 0.15) is 0 Å². The number of nitrogens with zero attached hydrogens (tertiary/aromatic N) is 2. The summed E-state index contributed by atoms with van der Waals surface area (Å²) in [6.07, 6.45) is 0.